The first-order valence-electron chi connectivity index (χ1n) is 7.95. The van der Waals surface area contributed by atoms with E-state index in [0.29, 0.717) is 24.5 Å². The van der Waals surface area contributed by atoms with E-state index in [1.807, 2.05) is 36.2 Å². The highest BCUT2D eigenvalue weighted by Gasteiger charge is 2.22. The van der Waals surface area contributed by atoms with Gasteiger partial charge in [0.1, 0.15) is 0 Å². The molecule has 8 nitrogen and oxygen atoms in total. The van der Waals surface area contributed by atoms with E-state index >= 15 is 0 Å². The molecule has 1 saturated heterocycles. The van der Waals surface area contributed by atoms with E-state index < -0.39 is 5.97 Å². The summed E-state index contributed by atoms with van der Waals surface area (Å²) < 4.78 is 4.70. The summed E-state index contributed by atoms with van der Waals surface area (Å²) >= 11 is 5.87. The van der Waals surface area contributed by atoms with Gasteiger partial charge in [0.05, 0.1) is 19.3 Å². The number of amides is 1. The number of rotatable bonds is 4. The van der Waals surface area contributed by atoms with Crippen LogP contribution in [-0.2, 0) is 9.53 Å². The number of nitrogens with zero attached hydrogens (tertiary/aromatic N) is 4. The van der Waals surface area contributed by atoms with E-state index in [1.54, 1.807) is 4.90 Å². The lowest BCUT2D eigenvalue weighted by molar-refractivity contribution is -0.120. The van der Waals surface area contributed by atoms with Gasteiger partial charge in [0.25, 0.3) is 0 Å². The number of esters is 1. The van der Waals surface area contributed by atoms with E-state index in [9.17, 15) is 9.59 Å². The van der Waals surface area contributed by atoms with Crippen molar-refractivity contribution in [2.75, 3.05) is 44.0 Å². The third kappa shape index (κ3) is 3.92. The second-order valence-corrected chi connectivity index (χ2v) is 6.26. The van der Waals surface area contributed by atoms with Gasteiger partial charge in [-0.25, -0.2) is 4.79 Å². The molecule has 0 radical (unpaired) electrons. The fourth-order valence-corrected chi connectivity index (χ4v) is 2.80. The normalized spacial score (nSPS) is 15.0. The van der Waals surface area contributed by atoms with Crippen LogP contribution in [0.2, 0.25) is 5.15 Å². The maximum atomic E-state index is 12.2. The van der Waals surface area contributed by atoms with Crippen LogP contribution < -0.4 is 10.2 Å². The van der Waals surface area contributed by atoms with Crippen LogP contribution in [0.5, 0.6) is 0 Å². The molecule has 1 aliphatic heterocycles. The fourth-order valence-electron chi connectivity index (χ4n) is 2.65. The van der Waals surface area contributed by atoms with Crippen molar-refractivity contribution in [3.05, 3.63) is 41.2 Å². The van der Waals surface area contributed by atoms with Crippen molar-refractivity contribution in [2.24, 2.45) is 0 Å². The van der Waals surface area contributed by atoms with Crippen LogP contribution in [0, 0.1) is 0 Å². The Kier molecular flexibility index (Phi) is 5.34. The number of likely N-dealkylation sites (N-methyl/N-ethyl adjacent to an activating group) is 1. The zero-order valence-corrected chi connectivity index (χ0v) is 15.2. The van der Waals surface area contributed by atoms with Crippen molar-refractivity contribution >= 4 is 40.5 Å². The number of benzene rings is 1. The average Bonchev–Trinajstić information content (AvgIpc) is 2.62. The molecule has 26 heavy (non-hydrogen) atoms. The summed E-state index contributed by atoms with van der Waals surface area (Å²) in [5, 5.41) is 10.7. The van der Waals surface area contributed by atoms with E-state index in [0.717, 1.165) is 12.2 Å². The number of halogens is 1. The number of hydrogen-bond acceptors (Lipinski definition) is 7. The number of ether oxygens (including phenoxy) is 1. The van der Waals surface area contributed by atoms with Gasteiger partial charge in [-0.1, -0.05) is 11.6 Å². The number of aromatic nitrogens is 2. The highest BCUT2D eigenvalue weighted by Crippen LogP contribution is 2.25. The van der Waals surface area contributed by atoms with Crippen LogP contribution in [-0.4, -0.2) is 60.8 Å². The number of anilines is 3. The summed E-state index contributed by atoms with van der Waals surface area (Å²) in [6.45, 7) is 1.89. The lowest BCUT2D eigenvalue weighted by Crippen LogP contribution is -2.48. The first-order chi connectivity index (χ1) is 12.5. The molecule has 0 bridgehead atoms. The van der Waals surface area contributed by atoms with E-state index in [-0.39, 0.29) is 16.8 Å². The van der Waals surface area contributed by atoms with Crippen molar-refractivity contribution in [1.82, 2.24) is 15.1 Å². The fraction of sp³-hybridized carbons (Fsp3) is 0.294. The minimum atomic E-state index is -0.615. The molecule has 0 saturated carbocycles. The second kappa shape index (κ2) is 7.67. The monoisotopic (exact) mass is 375 g/mol. The molecule has 1 amide bonds. The molecule has 2 aromatic rings. The van der Waals surface area contributed by atoms with Gasteiger partial charge in [0.2, 0.25) is 5.91 Å². The van der Waals surface area contributed by atoms with Gasteiger partial charge in [-0.15, -0.1) is 10.2 Å². The van der Waals surface area contributed by atoms with Gasteiger partial charge in [0.15, 0.2) is 10.8 Å². The zero-order chi connectivity index (χ0) is 18.7. The molecule has 136 valence electrons. The van der Waals surface area contributed by atoms with Crippen molar-refractivity contribution in [3.8, 4) is 0 Å². The van der Waals surface area contributed by atoms with Crippen LogP contribution in [0.15, 0.2) is 30.3 Å². The predicted molar refractivity (Wildman–Crippen MR) is 98.0 cm³/mol. The minimum absolute atomic E-state index is 0.0372. The Labute approximate surface area is 155 Å². The van der Waals surface area contributed by atoms with E-state index in [2.05, 4.69) is 15.5 Å². The third-order valence-corrected chi connectivity index (χ3v) is 4.20. The highest BCUT2D eigenvalue weighted by molar-refractivity contribution is 6.29. The van der Waals surface area contributed by atoms with Crippen LogP contribution >= 0.6 is 11.6 Å². The highest BCUT2D eigenvalue weighted by atomic mass is 35.5. The second-order valence-electron chi connectivity index (χ2n) is 5.88. The predicted octanol–water partition coefficient (Wildman–Crippen LogP) is 1.94. The quantitative estimate of drug-likeness (QED) is 0.817. The van der Waals surface area contributed by atoms with Crippen LogP contribution in [0.1, 0.15) is 10.5 Å². The molecule has 1 fully saturated rings. The van der Waals surface area contributed by atoms with Gasteiger partial charge in [-0.05, 0) is 31.3 Å². The molecule has 0 unspecified atom stereocenters. The third-order valence-electron chi connectivity index (χ3n) is 4.01. The molecule has 9 heteroatoms. The Balaban J connectivity index is 1.79. The SMILES string of the molecule is COC(=O)c1nnc(Cl)cc1Nc1ccc(N2CCN(C)CC2=O)cc1. The first kappa shape index (κ1) is 18.1. The molecule has 3 rings (SSSR count). The summed E-state index contributed by atoms with van der Waals surface area (Å²) in [5.41, 5.74) is 1.97. The molecular formula is C17H18ClN5O3. The molecule has 1 N–H and O–H groups in total. The topological polar surface area (TPSA) is 87.7 Å². The molecule has 0 spiro atoms. The lowest BCUT2D eigenvalue weighted by Gasteiger charge is -2.32. The number of hydrogen-bond donors (Lipinski definition) is 1. The molecule has 2 heterocycles. The van der Waals surface area contributed by atoms with Gasteiger partial charge in [-0.3, -0.25) is 9.69 Å². The van der Waals surface area contributed by atoms with Crippen LogP contribution in [0.3, 0.4) is 0 Å². The number of piperazine rings is 1. The maximum absolute atomic E-state index is 12.2. The molecule has 1 aromatic heterocycles. The number of carbonyl (C=O) groups is 2. The zero-order valence-electron chi connectivity index (χ0n) is 14.4. The maximum Gasteiger partial charge on any atom is 0.360 e. The molecule has 0 aliphatic carbocycles. The van der Waals surface area contributed by atoms with E-state index in [4.69, 9.17) is 16.3 Å². The summed E-state index contributed by atoms with van der Waals surface area (Å²) in [5.74, 6) is -0.547. The van der Waals surface area contributed by atoms with Gasteiger partial charge in [0, 0.05) is 30.5 Å². The lowest BCUT2D eigenvalue weighted by atomic mass is 10.2. The van der Waals surface area contributed by atoms with Gasteiger partial charge >= 0.3 is 5.97 Å². The summed E-state index contributed by atoms with van der Waals surface area (Å²) in [4.78, 5) is 27.7. The Morgan fingerprint density at radius 3 is 2.62 bits per heavy atom. The number of methoxy groups -OCH3 is 1. The van der Waals surface area contributed by atoms with Gasteiger partial charge in [-0.2, -0.15) is 0 Å². The van der Waals surface area contributed by atoms with Crippen molar-refractivity contribution in [2.45, 2.75) is 0 Å². The molecule has 1 aromatic carbocycles. The van der Waals surface area contributed by atoms with Crippen molar-refractivity contribution in [3.63, 3.8) is 0 Å². The standard InChI is InChI=1S/C17H18ClN5O3/c1-22-7-8-23(15(24)10-22)12-5-3-11(4-6-12)19-13-9-14(18)20-21-16(13)17(25)26-2/h3-6,9H,7-8,10H2,1-2H3,(H,19,20). The molecule has 1 aliphatic rings. The summed E-state index contributed by atoms with van der Waals surface area (Å²) in [6.07, 6.45) is 0. The average molecular weight is 376 g/mol. The molecular weight excluding hydrogens is 358 g/mol. The number of nitrogens with one attached hydrogen (secondary N) is 1. The molecule has 0 atom stereocenters. The Morgan fingerprint density at radius 1 is 1.23 bits per heavy atom. The van der Waals surface area contributed by atoms with Crippen LogP contribution in [0.25, 0.3) is 0 Å². The van der Waals surface area contributed by atoms with Crippen LogP contribution in [0.4, 0.5) is 17.1 Å². The first-order valence-corrected chi connectivity index (χ1v) is 8.33. The number of carbonyl (C=O) groups excluding carboxylic acids is 2. The van der Waals surface area contributed by atoms with E-state index in [1.165, 1.54) is 13.2 Å². The summed E-state index contributed by atoms with van der Waals surface area (Å²) in [7, 11) is 3.19. The Hall–Kier alpha value is -2.71. The smallest absolute Gasteiger partial charge is 0.360 e. The summed E-state index contributed by atoms with van der Waals surface area (Å²) in [6, 6.07) is 8.82. The Bertz CT molecular complexity index is 828. The Morgan fingerprint density at radius 2 is 1.96 bits per heavy atom. The van der Waals surface area contributed by atoms with Crippen molar-refractivity contribution < 1.29 is 14.3 Å². The van der Waals surface area contributed by atoms with Gasteiger partial charge < -0.3 is 15.0 Å². The van der Waals surface area contributed by atoms with Crippen molar-refractivity contribution in [1.29, 1.82) is 0 Å². The largest absolute Gasteiger partial charge is 0.464 e. The minimum Gasteiger partial charge on any atom is -0.464 e.